The number of benzene rings is 4. The average molecular weight is 1020 g/mol. The van der Waals surface area contributed by atoms with Crippen LogP contribution in [0.3, 0.4) is 0 Å². The molecule has 0 spiro atoms. The molecule has 16 nitrogen and oxygen atoms in total. The summed E-state index contributed by atoms with van der Waals surface area (Å²) >= 11 is 0. The molecule has 4 aliphatic heterocycles. The summed E-state index contributed by atoms with van der Waals surface area (Å²) in [5.41, 5.74) is -4.26. The van der Waals surface area contributed by atoms with Gasteiger partial charge in [0.2, 0.25) is 17.7 Å². The maximum absolute atomic E-state index is 16.3. The van der Waals surface area contributed by atoms with Crippen molar-refractivity contribution in [2.45, 2.75) is 139 Å². The highest BCUT2D eigenvalue weighted by molar-refractivity contribution is 6.04. The highest BCUT2D eigenvalue weighted by atomic mass is 16.6. The van der Waals surface area contributed by atoms with Gasteiger partial charge in [0.05, 0.1) is 6.20 Å². The Labute approximate surface area is 436 Å². The van der Waals surface area contributed by atoms with Crippen LogP contribution in [0, 0.1) is 0 Å². The zero-order valence-electron chi connectivity index (χ0n) is 43.7. The van der Waals surface area contributed by atoms with Crippen molar-refractivity contribution >= 4 is 57.9 Å². The van der Waals surface area contributed by atoms with Crippen LogP contribution in [0.2, 0.25) is 0 Å². The summed E-state index contributed by atoms with van der Waals surface area (Å²) in [6.45, 7) is 11.5. The number of hydrogen-bond donors (Lipinski definition) is 0. The third kappa shape index (κ3) is 8.04. The van der Waals surface area contributed by atoms with Gasteiger partial charge in [0, 0.05) is 61.1 Å². The van der Waals surface area contributed by atoms with Gasteiger partial charge in [-0.05, 0) is 153 Å². The predicted molar refractivity (Wildman–Crippen MR) is 279 cm³/mol. The maximum atomic E-state index is 16.3. The number of rotatable bonds is 10. The lowest BCUT2D eigenvalue weighted by Gasteiger charge is -2.45. The molecule has 5 aromatic heterocycles. The topological polar surface area (TPSA) is 170 Å². The van der Waals surface area contributed by atoms with E-state index in [1.807, 2.05) is 109 Å². The van der Waals surface area contributed by atoms with E-state index in [1.54, 1.807) is 70.3 Å². The van der Waals surface area contributed by atoms with E-state index in [1.165, 1.54) is 6.20 Å². The Kier molecular flexibility index (Phi) is 12.0. The lowest BCUT2D eigenvalue weighted by Crippen LogP contribution is -2.64. The summed E-state index contributed by atoms with van der Waals surface area (Å²) in [5, 5.41) is 0. The fourth-order valence-electron chi connectivity index (χ4n) is 12.9. The van der Waals surface area contributed by atoms with Crippen LogP contribution in [0.25, 0.3) is 22.1 Å². The Balaban J connectivity index is 1.08. The highest BCUT2D eigenvalue weighted by Gasteiger charge is 2.65. The normalized spacial score (nSPS) is 24.3. The monoisotopic (exact) mass is 1020 g/mol. The summed E-state index contributed by atoms with van der Waals surface area (Å²) < 4.78 is 22.3. The molecule has 390 valence electrons. The van der Waals surface area contributed by atoms with Crippen LogP contribution >= 0.6 is 0 Å². The van der Waals surface area contributed by atoms with Crippen molar-refractivity contribution in [1.82, 2.24) is 33.7 Å². The van der Waals surface area contributed by atoms with Crippen LogP contribution in [-0.4, -0.2) is 118 Å². The number of oxazole rings is 1. The average Bonchev–Trinajstić information content (AvgIpc) is 4.27. The van der Waals surface area contributed by atoms with Gasteiger partial charge in [0.25, 0.3) is 11.8 Å². The number of aromatic nitrogens is 3. The van der Waals surface area contributed by atoms with Crippen LogP contribution in [0.4, 0.5) is 9.59 Å². The van der Waals surface area contributed by atoms with E-state index >= 15 is 19.2 Å². The fraction of sp³-hybridized carbons (Fsp3) is 0.441. The Morgan fingerprint density at radius 2 is 0.840 bits per heavy atom. The summed E-state index contributed by atoms with van der Waals surface area (Å²) in [6.07, 6.45) is 3.13. The Hall–Kier alpha value is -7.49. The van der Waals surface area contributed by atoms with Gasteiger partial charge in [-0.3, -0.25) is 38.1 Å². The molecule has 16 heteroatoms. The first-order valence-electron chi connectivity index (χ1n) is 26.4. The summed E-state index contributed by atoms with van der Waals surface area (Å²) in [6, 6.07) is 33.8. The quantitative estimate of drug-likeness (QED) is 0.129. The second-order valence-corrected chi connectivity index (χ2v) is 23.0. The van der Waals surface area contributed by atoms with E-state index in [9.17, 15) is 9.59 Å². The molecule has 75 heavy (non-hydrogen) atoms. The van der Waals surface area contributed by atoms with Crippen molar-refractivity contribution in [3.63, 3.8) is 0 Å². The van der Waals surface area contributed by atoms with Gasteiger partial charge in [-0.2, -0.15) is 0 Å². The number of fused-ring (bicyclic) bond motifs is 4. The third-order valence-electron chi connectivity index (χ3n) is 16.0. The zero-order valence-corrected chi connectivity index (χ0v) is 43.7. The summed E-state index contributed by atoms with van der Waals surface area (Å²) in [5.74, 6) is -1.90. The number of likely N-dealkylation sites (tertiary alicyclic amines) is 4. The molecular weight excluding hydrogens is 951 g/mol. The highest BCUT2D eigenvalue weighted by Crippen LogP contribution is 2.50. The maximum Gasteiger partial charge on any atom is 0.411 e. The first kappa shape index (κ1) is 49.7. The fourth-order valence-corrected chi connectivity index (χ4v) is 12.9. The van der Waals surface area contributed by atoms with E-state index in [0.29, 0.717) is 60.6 Å². The van der Waals surface area contributed by atoms with Gasteiger partial charge in [0.15, 0.2) is 16.8 Å². The van der Waals surface area contributed by atoms with Gasteiger partial charge in [0.1, 0.15) is 22.3 Å². The van der Waals surface area contributed by atoms with Gasteiger partial charge in [-0.25, -0.2) is 14.6 Å². The van der Waals surface area contributed by atoms with Gasteiger partial charge < -0.3 is 23.7 Å². The third-order valence-corrected chi connectivity index (χ3v) is 16.0. The molecule has 0 N–H and O–H groups in total. The predicted octanol–water partition coefficient (Wildman–Crippen LogP) is 9.80. The molecule has 11 rings (SSSR count). The molecule has 0 saturated carbocycles. The first-order valence-corrected chi connectivity index (χ1v) is 26.4. The minimum Gasteiger partial charge on any atom is -0.444 e. The smallest absolute Gasteiger partial charge is 0.411 e. The standard InChI is InChI=1S/C59H65N7O9/c1-54(2,3)74-52(71)63-35-13-29-56(63,37-40-17-9-7-10-18-40)48(67)61-33-15-31-58(61,50(69)65-42-21-22-43(65)24-23-42)46-39-60-47(73-46)59(51(70)66-44-25-26-45(66)28-27-44)32-16-34-62(59)49(68)57(38-41-19-11-8-12-20-41)30-14-36-64(57)53(72)75-55(4,5)6/h7-12,17-28,39H,13-16,29-38H2,1-6H3/t56?,57?,58-,59-/m0/s1. The van der Waals surface area contributed by atoms with Crippen LogP contribution in [0.15, 0.2) is 120 Å². The molecule has 2 unspecified atom stereocenters. The van der Waals surface area contributed by atoms with Crippen molar-refractivity contribution in [1.29, 1.82) is 0 Å². The molecule has 4 saturated heterocycles. The molecule has 4 amide bonds. The van der Waals surface area contributed by atoms with Crippen LogP contribution in [0.5, 0.6) is 0 Å². The molecular formula is C59H65N7O9. The molecule has 4 bridgehead atoms. The Bertz CT molecular complexity index is 2980. The van der Waals surface area contributed by atoms with Crippen LogP contribution in [-0.2, 0) is 43.0 Å². The number of amides is 4. The second kappa shape index (κ2) is 18.1. The van der Waals surface area contributed by atoms with Crippen molar-refractivity contribution in [2.24, 2.45) is 0 Å². The minimum atomic E-state index is -1.89. The number of ether oxygens (including phenoxy) is 2. The lowest BCUT2D eigenvalue weighted by atomic mass is 9.84. The largest absolute Gasteiger partial charge is 0.444 e. The number of carbonyl (C=O) groups is 6. The van der Waals surface area contributed by atoms with E-state index in [-0.39, 0.29) is 63.5 Å². The van der Waals surface area contributed by atoms with E-state index in [2.05, 4.69) is 0 Å². The Morgan fingerprint density at radius 3 is 1.25 bits per heavy atom. The molecule has 9 heterocycles. The number of hydrogen-bond acceptors (Lipinski definition) is 10. The summed E-state index contributed by atoms with van der Waals surface area (Å²) in [4.78, 5) is 105. The van der Waals surface area contributed by atoms with Crippen molar-refractivity contribution < 1.29 is 42.7 Å². The van der Waals surface area contributed by atoms with Crippen LogP contribution in [0.1, 0.15) is 125 Å². The van der Waals surface area contributed by atoms with Crippen molar-refractivity contribution in [3.05, 3.63) is 138 Å². The molecule has 4 atom stereocenters. The molecule has 0 radical (unpaired) electrons. The number of carbonyl (C=O) groups excluding carboxylic acids is 6. The van der Waals surface area contributed by atoms with Crippen molar-refractivity contribution in [3.8, 4) is 0 Å². The van der Waals surface area contributed by atoms with Crippen LogP contribution < -0.4 is 0 Å². The number of nitrogens with zero attached hydrogens (tertiary/aromatic N) is 7. The Morgan fingerprint density at radius 1 is 0.480 bits per heavy atom. The molecule has 7 aromatic rings. The molecule has 4 aliphatic rings. The van der Waals surface area contributed by atoms with Gasteiger partial charge in [-0.1, -0.05) is 60.7 Å². The molecule has 4 fully saturated rings. The van der Waals surface area contributed by atoms with Gasteiger partial charge in [-0.15, -0.1) is 0 Å². The van der Waals surface area contributed by atoms with E-state index < -0.39 is 69.2 Å². The second-order valence-electron chi connectivity index (χ2n) is 23.0. The first-order chi connectivity index (χ1) is 35.8. The molecule has 2 aromatic carbocycles. The van der Waals surface area contributed by atoms with E-state index in [0.717, 1.165) is 11.1 Å². The minimum absolute atomic E-state index is 0.0280. The SMILES string of the molecule is CC(C)(C)OC(=O)N1CCCC1(Cc1ccccc1)C(=O)N1CCC[C@@]1(C(=O)n1c2ccc1cc2)c1cnc([C@]2(C(=O)n3c4ccc3cc4)CCCN2C(=O)C2(Cc3ccccc3)CCCN2C(=O)OC(C)(C)C)o1. The van der Waals surface area contributed by atoms with Crippen molar-refractivity contribution in [2.75, 3.05) is 26.2 Å². The van der Waals surface area contributed by atoms with E-state index in [4.69, 9.17) is 18.9 Å². The molecule has 0 aliphatic carbocycles. The lowest BCUT2D eigenvalue weighted by molar-refractivity contribution is -0.147. The van der Waals surface area contributed by atoms with Gasteiger partial charge >= 0.3 is 12.2 Å². The zero-order chi connectivity index (χ0) is 52.7. The summed E-state index contributed by atoms with van der Waals surface area (Å²) in [7, 11) is 0.